The van der Waals surface area contributed by atoms with Gasteiger partial charge in [-0.1, -0.05) is 18.2 Å². The van der Waals surface area contributed by atoms with Gasteiger partial charge in [0.15, 0.2) is 0 Å². The van der Waals surface area contributed by atoms with Crippen molar-refractivity contribution in [1.82, 2.24) is 15.3 Å². The van der Waals surface area contributed by atoms with Crippen LogP contribution in [0.25, 0.3) is 20.8 Å². The first-order chi connectivity index (χ1) is 16.3. The number of carbonyl (C=O) groups is 1. The molecule has 7 nitrogen and oxygen atoms in total. The van der Waals surface area contributed by atoms with Crippen LogP contribution >= 0.6 is 11.3 Å². The van der Waals surface area contributed by atoms with Crippen LogP contribution in [0.5, 0.6) is 5.75 Å². The van der Waals surface area contributed by atoms with Crippen molar-refractivity contribution in [1.29, 1.82) is 0 Å². The number of ether oxygens (including phenoxy) is 2. The zero-order valence-electron chi connectivity index (χ0n) is 18.1. The van der Waals surface area contributed by atoms with E-state index in [0.717, 1.165) is 58.7 Å². The monoisotopic (exact) mass is 460 g/mol. The van der Waals surface area contributed by atoms with Gasteiger partial charge < -0.3 is 19.7 Å². The van der Waals surface area contributed by atoms with E-state index in [0.29, 0.717) is 18.7 Å². The molecule has 3 heterocycles. The lowest BCUT2D eigenvalue weighted by Crippen LogP contribution is -2.36. The van der Waals surface area contributed by atoms with E-state index in [4.69, 9.17) is 14.5 Å². The SMILES string of the molecule is O=C(NCCOc1ccccc1)c1ccc2nc(-c3ccc(N4CCOCC4)nc3)sc2c1. The van der Waals surface area contributed by atoms with Crippen LogP contribution in [-0.2, 0) is 4.74 Å². The van der Waals surface area contributed by atoms with Crippen molar-refractivity contribution in [3.63, 3.8) is 0 Å². The number of nitrogens with one attached hydrogen (secondary N) is 1. The van der Waals surface area contributed by atoms with Crippen molar-refractivity contribution >= 4 is 33.3 Å². The Labute approximate surface area is 196 Å². The third-order valence-corrected chi connectivity index (χ3v) is 6.45. The van der Waals surface area contributed by atoms with Gasteiger partial charge in [0.2, 0.25) is 0 Å². The Morgan fingerprint density at radius 1 is 1.09 bits per heavy atom. The molecule has 0 atom stereocenters. The van der Waals surface area contributed by atoms with E-state index < -0.39 is 0 Å². The Morgan fingerprint density at radius 2 is 1.94 bits per heavy atom. The number of morpholine rings is 1. The van der Waals surface area contributed by atoms with Gasteiger partial charge in [-0.25, -0.2) is 9.97 Å². The minimum Gasteiger partial charge on any atom is -0.492 e. The highest BCUT2D eigenvalue weighted by Crippen LogP contribution is 2.31. The maximum absolute atomic E-state index is 12.6. The molecule has 0 unspecified atom stereocenters. The summed E-state index contributed by atoms with van der Waals surface area (Å²) >= 11 is 1.56. The molecule has 0 saturated carbocycles. The molecule has 0 radical (unpaired) electrons. The van der Waals surface area contributed by atoms with Crippen molar-refractivity contribution in [2.75, 3.05) is 44.4 Å². The van der Waals surface area contributed by atoms with E-state index in [9.17, 15) is 4.79 Å². The molecular formula is C25H24N4O3S. The van der Waals surface area contributed by atoms with Crippen molar-refractivity contribution < 1.29 is 14.3 Å². The first-order valence-electron chi connectivity index (χ1n) is 10.9. The minimum atomic E-state index is -0.125. The van der Waals surface area contributed by atoms with Crippen LogP contribution in [0.4, 0.5) is 5.82 Å². The second-order valence-electron chi connectivity index (χ2n) is 7.62. The number of fused-ring (bicyclic) bond motifs is 1. The Hall–Kier alpha value is -3.49. The number of benzene rings is 2. The molecular weight excluding hydrogens is 436 g/mol. The van der Waals surface area contributed by atoms with E-state index in [1.807, 2.05) is 54.7 Å². The fraction of sp³-hybridized carbons (Fsp3) is 0.240. The molecule has 8 heteroatoms. The number of thiazole rings is 1. The van der Waals surface area contributed by atoms with Crippen LogP contribution in [0, 0.1) is 0 Å². The molecule has 0 bridgehead atoms. The molecule has 1 amide bonds. The van der Waals surface area contributed by atoms with Gasteiger partial charge in [-0.3, -0.25) is 4.79 Å². The Bertz CT molecular complexity index is 1220. The van der Waals surface area contributed by atoms with Gasteiger partial charge >= 0.3 is 0 Å². The van der Waals surface area contributed by atoms with Gasteiger partial charge in [-0.15, -0.1) is 11.3 Å². The van der Waals surface area contributed by atoms with E-state index in [1.165, 1.54) is 0 Å². The molecule has 5 rings (SSSR count). The molecule has 1 aliphatic rings. The first-order valence-corrected chi connectivity index (χ1v) is 11.7. The molecule has 1 aliphatic heterocycles. The lowest BCUT2D eigenvalue weighted by molar-refractivity contribution is 0.0947. The molecule has 1 saturated heterocycles. The first kappa shape index (κ1) is 21.4. The summed E-state index contributed by atoms with van der Waals surface area (Å²) < 4.78 is 12.0. The summed E-state index contributed by atoms with van der Waals surface area (Å²) in [6, 6.07) is 19.2. The Balaban J connectivity index is 1.22. The second-order valence-corrected chi connectivity index (χ2v) is 8.65. The second kappa shape index (κ2) is 9.97. The van der Waals surface area contributed by atoms with E-state index >= 15 is 0 Å². The molecule has 33 heavy (non-hydrogen) atoms. The third kappa shape index (κ3) is 5.13. The number of para-hydroxylation sites is 1. The van der Waals surface area contributed by atoms with Crippen LogP contribution < -0.4 is 15.0 Å². The minimum absolute atomic E-state index is 0.125. The van der Waals surface area contributed by atoms with E-state index in [2.05, 4.69) is 21.3 Å². The smallest absolute Gasteiger partial charge is 0.251 e. The van der Waals surface area contributed by atoms with Crippen molar-refractivity contribution in [3.8, 4) is 16.3 Å². The molecule has 2 aromatic heterocycles. The highest BCUT2D eigenvalue weighted by atomic mass is 32.1. The van der Waals surface area contributed by atoms with Crippen LogP contribution in [-0.4, -0.2) is 55.3 Å². The number of hydrogen-bond acceptors (Lipinski definition) is 7. The number of nitrogens with zero attached hydrogens (tertiary/aromatic N) is 3. The highest BCUT2D eigenvalue weighted by Gasteiger charge is 2.14. The molecule has 4 aromatic rings. The maximum atomic E-state index is 12.6. The lowest BCUT2D eigenvalue weighted by Gasteiger charge is -2.27. The number of anilines is 1. The summed E-state index contributed by atoms with van der Waals surface area (Å²) in [6.07, 6.45) is 1.86. The molecule has 0 spiro atoms. The van der Waals surface area contributed by atoms with Crippen LogP contribution in [0.2, 0.25) is 0 Å². The van der Waals surface area contributed by atoms with E-state index in [1.54, 1.807) is 17.4 Å². The molecule has 1 N–H and O–H groups in total. The number of hydrogen-bond donors (Lipinski definition) is 1. The average Bonchev–Trinajstić information content (AvgIpc) is 3.31. The third-order valence-electron chi connectivity index (χ3n) is 5.38. The number of carbonyl (C=O) groups excluding carboxylic acids is 1. The highest BCUT2D eigenvalue weighted by molar-refractivity contribution is 7.21. The van der Waals surface area contributed by atoms with Gasteiger partial charge in [-0.05, 0) is 42.5 Å². The van der Waals surface area contributed by atoms with Gasteiger partial charge in [0.1, 0.15) is 23.2 Å². The summed E-state index contributed by atoms with van der Waals surface area (Å²) in [6.45, 7) is 4.03. The largest absolute Gasteiger partial charge is 0.492 e. The molecule has 2 aromatic carbocycles. The zero-order chi connectivity index (χ0) is 22.5. The maximum Gasteiger partial charge on any atom is 0.251 e. The van der Waals surface area contributed by atoms with Gasteiger partial charge in [0.05, 0.1) is 30.0 Å². The topological polar surface area (TPSA) is 76.6 Å². The van der Waals surface area contributed by atoms with Crippen LogP contribution in [0.1, 0.15) is 10.4 Å². The fourth-order valence-corrected chi connectivity index (χ4v) is 4.63. The Kier molecular flexibility index (Phi) is 6.46. The van der Waals surface area contributed by atoms with E-state index in [-0.39, 0.29) is 5.91 Å². The van der Waals surface area contributed by atoms with Gasteiger partial charge in [-0.2, -0.15) is 0 Å². The van der Waals surface area contributed by atoms with Crippen LogP contribution in [0.3, 0.4) is 0 Å². The summed E-state index contributed by atoms with van der Waals surface area (Å²) in [7, 11) is 0. The molecule has 0 aliphatic carbocycles. The standard InChI is InChI=1S/C25H24N4O3S/c30-24(26-10-13-32-20-4-2-1-3-5-20)18-6-8-21-22(16-18)33-25(28-21)19-7-9-23(27-17-19)29-11-14-31-15-12-29/h1-9,16-17H,10-15H2,(H,26,30). The lowest BCUT2D eigenvalue weighted by atomic mass is 10.2. The number of rotatable bonds is 7. The van der Waals surface area contributed by atoms with Gasteiger partial charge in [0.25, 0.3) is 5.91 Å². The van der Waals surface area contributed by atoms with Crippen molar-refractivity contribution in [2.45, 2.75) is 0 Å². The summed E-state index contributed by atoms with van der Waals surface area (Å²) in [5.74, 6) is 1.62. The molecule has 1 fully saturated rings. The number of pyridine rings is 1. The summed E-state index contributed by atoms with van der Waals surface area (Å²) in [5, 5.41) is 3.80. The van der Waals surface area contributed by atoms with Gasteiger partial charge in [0, 0.05) is 30.4 Å². The van der Waals surface area contributed by atoms with Crippen LogP contribution in [0.15, 0.2) is 66.9 Å². The quantitative estimate of drug-likeness (QED) is 0.420. The average molecular weight is 461 g/mol. The molecule has 168 valence electrons. The van der Waals surface area contributed by atoms with Crippen molar-refractivity contribution in [2.24, 2.45) is 0 Å². The predicted octanol–water partition coefficient (Wildman–Crippen LogP) is 4.00. The number of aromatic nitrogens is 2. The Morgan fingerprint density at radius 3 is 2.73 bits per heavy atom. The summed E-state index contributed by atoms with van der Waals surface area (Å²) in [5.41, 5.74) is 2.45. The summed E-state index contributed by atoms with van der Waals surface area (Å²) in [4.78, 5) is 24.1. The fourth-order valence-electron chi connectivity index (χ4n) is 3.63. The normalized spacial score (nSPS) is 13.8. The zero-order valence-corrected chi connectivity index (χ0v) is 18.9. The number of amides is 1. The predicted molar refractivity (Wildman–Crippen MR) is 130 cm³/mol. The van der Waals surface area contributed by atoms with Crippen molar-refractivity contribution in [3.05, 3.63) is 72.4 Å².